The molecule has 1 N–H and O–H groups in total. The van der Waals surface area contributed by atoms with E-state index in [1.165, 1.54) is 11.8 Å². The van der Waals surface area contributed by atoms with Crippen molar-refractivity contribution in [1.29, 1.82) is 0 Å². The molecule has 7 heteroatoms. The van der Waals surface area contributed by atoms with Gasteiger partial charge in [0.1, 0.15) is 6.04 Å². The summed E-state index contributed by atoms with van der Waals surface area (Å²) in [5.41, 5.74) is 0.763. The molecule has 0 aliphatic heterocycles. The molecule has 0 spiro atoms. The number of benzene rings is 2. The van der Waals surface area contributed by atoms with Crippen molar-refractivity contribution in [3.63, 3.8) is 0 Å². The molecular formula is C23H28Cl2N2O2S. The third-order valence-electron chi connectivity index (χ3n) is 4.68. The van der Waals surface area contributed by atoms with Crippen LogP contribution >= 0.6 is 35.0 Å². The van der Waals surface area contributed by atoms with E-state index in [0.717, 1.165) is 23.3 Å². The minimum absolute atomic E-state index is 0.104. The molecular weight excluding hydrogens is 439 g/mol. The Kier molecular flexibility index (Phi) is 10.6. The molecule has 1 atom stereocenters. The lowest BCUT2D eigenvalue weighted by Gasteiger charge is -2.31. The molecule has 0 fully saturated rings. The standard InChI is InChI=1S/C23H28Cl2N2O2S/c1-3-5-13-26-23(29)21(4-2)27(15-17-11-12-18(24)14-20(17)25)22(28)16-30-19-9-7-6-8-10-19/h6-12,14,21H,3-5,13,15-16H2,1-2H3,(H,26,29)/t21-/m0/s1. The largest absolute Gasteiger partial charge is 0.354 e. The molecule has 0 unspecified atom stereocenters. The van der Waals surface area contributed by atoms with E-state index >= 15 is 0 Å². The van der Waals surface area contributed by atoms with E-state index < -0.39 is 6.04 Å². The van der Waals surface area contributed by atoms with E-state index in [9.17, 15) is 9.59 Å². The van der Waals surface area contributed by atoms with Gasteiger partial charge < -0.3 is 10.2 Å². The van der Waals surface area contributed by atoms with Crippen LogP contribution in [0.25, 0.3) is 0 Å². The number of halogens is 2. The number of hydrogen-bond donors (Lipinski definition) is 1. The number of carbonyl (C=O) groups is 2. The number of thioether (sulfide) groups is 1. The lowest BCUT2D eigenvalue weighted by Crippen LogP contribution is -2.49. The van der Waals surface area contributed by atoms with Gasteiger partial charge in [-0.15, -0.1) is 11.8 Å². The molecule has 162 valence electrons. The molecule has 0 heterocycles. The number of nitrogens with zero attached hydrogens (tertiary/aromatic N) is 1. The zero-order valence-corrected chi connectivity index (χ0v) is 19.7. The van der Waals surface area contributed by atoms with Gasteiger partial charge in [0, 0.05) is 28.0 Å². The van der Waals surface area contributed by atoms with Crippen molar-refractivity contribution in [2.75, 3.05) is 12.3 Å². The summed E-state index contributed by atoms with van der Waals surface area (Å²) in [5.74, 6) is 0.00925. The van der Waals surface area contributed by atoms with E-state index in [1.54, 1.807) is 23.1 Å². The molecule has 4 nitrogen and oxygen atoms in total. The Labute approximate surface area is 193 Å². The Bertz CT molecular complexity index is 833. The van der Waals surface area contributed by atoms with Gasteiger partial charge in [-0.25, -0.2) is 0 Å². The van der Waals surface area contributed by atoms with Gasteiger partial charge in [-0.3, -0.25) is 9.59 Å². The Morgan fingerprint density at radius 1 is 1.10 bits per heavy atom. The van der Waals surface area contributed by atoms with Crippen molar-refractivity contribution < 1.29 is 9.59 Å². The Morgan fingerprint density at radius 2 is 1.83 bits per heavy atom. The van der Waals surface area contributed by atoms with E-state index in [1.807, 2.05) is 37.3 Å². The monoisotopic (exact) mass is 466 g/mol. The highest BCUT2D eigenvalue weighted by atomic mass is 35.5. The van der Waals surface area contributed by atoms with Crippen LogP contribution in [0.1, 0.15) is 38.7 Å². The fourth-order valence-corrected chi connectivity index (χ4v) is 4.28. The third-order valence-corrected chi connectivity index (χ3v) is 6.26. The molecule has 0 bridgehead atoms. The molecule has 30 heavy (non-hydrogen) atoms. The van der Waals surface area contributed by atoms with Crippen molar-refractivity contribution in [3.8, 4) is 0 Å². The molecule has 0 aliphatic rings. The smallest absolute Gasteiger partial charge is 0.242 e. The maximum atomic E-state index is 13.2. The minimum atomic E-state index is -0.558. The molecule has 0 saturated carbocycles. The molecule has 2 aromatic carbocycles. The molecule has 0 aliphatic carbocycles. The first-order valence-corrected chi connectivity index (χ1v) is 11.9. The first-order chi connectivity index (χ1) is 14.5. The fraction of sp³-hybridized carbons (Fsp3) is 0.391. The van der Waals surface area contributed by atoms with Gasteiger partial charge in [-0.1, -0.05) is 67.7 Å². The van der Waals surface area contributed by atoms with Gasteiger partial charge in [-0.2, -0.15) is 0 Å². The van der Waals surface area contributed by atoms with Crippen LogP contribution in [-0.4, -0.2) is 35.1 Å². The lowest BCUT2D eigenvalue weighted by atomic mass is 10.1. The maximum Gasteiger partial charge on any atom is 0.242 e. The van der Waals surface area contributed by atoms with E-state index in [4.69, 9.17) is 23.2 Å². The van der Waals surface area contributed by atoms with Crippen LogP contribution in [0.15, 0.2) is 53.4 Å². The fourth-order valence-electron chi connectivity index (χ4n) is 3.00. The highest BCUT2D eigenvalue weighted by Crippen LogP contribution is 2.25. The molecule has 0 radical (unpaired) electrons. The van der Waals surface area contributed by atoms with Crippen molar-refractivity contribution in [2.24, 2.45) is 0 Å². The predicted molar refractivity (Wildman–Crippen MR) is 126 cm³/mol. The number of rotatable bonds is 11. The molecule has 2 rings (SSSR count). The van der Waals surface area contributed by atoms with Crippen molar-refractivity contribution >= 4 is 46.8 Å². The minimum Gasteiger partial charge on any atom is -0.354 e. The summed E-state index contributed by atoms with van der Waals surface area (Å²) in [6, 6.07) is 14.4. The van der Waals surface area contributed by atoms with E-state index in [0.29, 0.717) is 23.0 Å². The summed E-state index contributed by atoms with van der Waals surface area (Å²) in [5, 5.41) is 3.98. The lowest BCUT2D eigenvalue weighted by molar-refractivity contribution is -0.139. The van der Waals surface area contributed by atoms with Gasteiger partial charge in [0.15, 0.2) is 0 Å². The third kappa shape index (κ3) is 7.53. The second-order valence-corrected chi connectivity index (χ2v) is 8.82. The predicted octanol–water partition coefficient (Wildman–Crippen LogP) is 5.81. The highest BCUT2D eigenvalue weighted by Gasteiger charge is 2.29. The van der Waals surface area contributed by atoms with Crippen LogP contribution in [0, 0.1) is 0 Å². The Morgan fingerprint density at radius 3 is 2.47 bits per heavy atom. The summed E-state index contributed by atoms with van der Waals surface area (Å²) >= 11 is 13.8. The quantitative estimate of drug-likeness (QED) is 0.335. The van der Waals surface area contributed by atoms with Gasteiger partial charge in [0.2, 0.25) is 11.8 Å². The summed E-state index contributed by atoms with van der Waals surface area (Å²) in [6.07, 6.45) is 2.42. The topological polar surface area (TPSA) is 49.4 Å². The summed E-state index contributed by atoms with van der Waals surface area (Å²) in [6.45, 7) is 4.85. The summed E-state index contributed by atoms with van der Waals surface area (Å²) < 4.78 is 0. The number of carbonyl (C=O) groups excluding carboxylic acids is 2. The first-order valence-electron chi connectivity index (χ1n) is 10.1. The number of nitrogens with one attached hydrogen (secondary N) is 1. The van der Waals surface area contributed by atoms with Gasteiger partial charge in [0.05, 0.1) is 5.75 Å². The van der Waals surface area contributed by atoms with Gasteiger partial charge in [0.25, 0.3) is 0 Å². The van der Waals surface area contributed by atoms with Crippen LogP contribution < -0.4 is 5.32 Å². The Balaban J connectivity index is 2.20. The Hall–Kier alpha value is -1.69. The van der Waals surface area contributed by atoms with E-state index in [2.05, 4.69) is 12.2 Å². The van der Waals surface area contributed by atoms with E-state index in [-0.39, 0.29) is 24.1 Å². The normalized spacial score (nSPS) is 11.7. The van der Waals surface area contributed by atoms with Crippen LogP contribution in [0.3, 0.4) is 0 Å². The maximum absolute atomic E-state index is 13.2. The molecule has 0 saturated heterocycles. The van der Waals surface area contributed by atoms with Crippen LogP contribution in [0.2, 0.25) is 10.0 Å². The average Bonchev–Trinajstić information content (AvgIpc) is 2.74. The number of unbranched alkanes of at least 4 members (excludes halogenated alkanes) is 1. The summed E-state index contributed by atoms with van der Waals surface area (Å²) in [4.78, 5) is 28.7. The average molecular weight is 467 g/mol. The second-order valence-electron chi connectivity index (χ2n) is 6.93. The number of amides is 2. The van der Waals surface area contributed by atoms with Crippen molar-refractivity contribution in [2.45, 2.75) is 50.6 Å². The SMILES string of the molecule is CCCCNC(=O)[C@H](CC)N(Cc1ccc(Cl)cc1Cl)C(=O)CSc1ccccc1. The molecule has 0 aromatic heterocycles. The van der Waals surface area contributed by atoms with Crippen LogP contribution in [-0.2, 0) is 16.1 Å². The zero-order valence-electron chi connectivity index (χ0n) is 17.4. The van der Waals surface area contributed by atoms with Crippen LogP contribution in [0.4, 0.5) is 0 Å². The van der Waals surface area contributed by atoms with Gasteiger partial charge >= 0.3 is 0 Å². The van der Waals surface area contributed by atoms with Crippen LogP contribution in [0.5, 0.6) is 0 Å². The first kappa shape index (κ1) is 24.6. The molecule has 2 aromatic rings. The van der Waals surface area contributed by atoms with Crippen molar-refractivity contribution in [3.05, 3.63) is 64.1 Å². The number of hydrogen-bond acceptors (Lipinski definition) is 3. The zero-order chi connectivity index (χ0) is 21.9. The summed E-state index contributed by atoms with van der Waals surface area (Å²) in [7, 11) is 0. The molecule has 2 amide bonds. The highest BCUT2D eigenvalue weighted by molar-refractivity contribution is 8.00. The van der Waals surface area contributed by atoms with Crippen molar-refractivity contribution in [1.82, 2.24) is 10.2 Å². The second kappa shape index (κ2) is 12.9. The van der Waals surface area contributed by atoms with Gasteiger partial charge in [-0.05, 0) is 42.7 Å².